The molecule has 116 valence electrons. The van der Waals surface area contributed by atoms with Crippen molar-refractivity contribution in [1.29, 1.82) is 0 Å². The fourth-order valence-corrected chi connectivity index (χ4v) is 2.55. The molecular weight excluding hydrogens is 315 g/mol. The first-order chi connectivity index (χ1) is 10.0. The zero-order chi connectivity index (χ0) is 15.2. The van der Waals surface area contributed by atoms with Crippen molar-refractivity contribution in [2.45, 2.75) is 25.0 Å². The number of carbonyl (C=O) groups excluding carboxylic acids is 1. The Morgan fingerprint density at radius 2 is 2.29 bits per heavy atom. The Morgan fingerprint density at radius 3 is 2.95 bits per heavy atom. The lowest BCUT2D eigenvalue weighted by Gasteiger charge is -2.16. The Labute approximate surface area is 133 Å². The summed E-state index contributed by atoms with van der Waals surface area (Å²) >= 11 is 11.8. The first-order valence-electron chi connectivity index (χ1n) is 6.80. The quantitative estimate of drug-likeness (QED) is 0.709. The van der Waals surface area contributed by atoms with Gasteiger partial charge in [0.15, 0.2) is 0 Å². The first-order valence-corrected chi connectivity index (χ1v) is 7.56. The number of nitrogens with one attached hydrogen (secondary N) is 2. The molecule has 0 aliphatic carbocycles. The van der Waals surface area contributed by atoms with Crippen LogP contribution in [0, 0.1) is 0 Å². The minimum Gasteiger partial charge on any atom is -0.489 e. The van der Waals surface area contributed by atoms with Gasteiger partial charge in [-0.15, -0.1) is 0 Å². The van der Waals surface area contributed by atoms with Gasteiger partial charge in [-0.2, -0.15) is 0 Å². The standard InChI is InChI=1S/C14H18Cl2N2O3/c15-9-1-3-13(12(16)5-9)21-8-11(19)7-17-6-10-2-4-14(20)18-10/h1,3,5,10-11,17,19H,2,4,6-8H2,(H,18,20). The van der Waals surface area contributed by atoms with Crippen molar-refractivity contribution in [2.24, 2.45) is 0 Å². The van der Waals surface area contributed by atoms with Crippen LogP contribution in [-0.2, 0) is 4.79 Å². The molecule has 0 radical (unpaired) electrons. The third kappa shape index (κ3) is 5.36. The van der Waals surface area contributed by atoms with E-state index in [1.54, 1.807) is 18.2 Å². The lowest BCUT2D eigenvalue weighted by Crippen LogP contribution is -2.40. The molecule has 1 saturated heterocycles. The summed E-state index contributed by atoms with van der Waals surface area (Å²) in [5, 5.41) is 16.7. The minimum atomic E-state index is -0.658. The predicted molar refractivity (Wildman–Crippen MR) is 82.0 cm³/mol. The third-order valence-corrected chi connectivity index (χ3v) is 3.71. The smallest absolute Gasteiger partial charge is 0.220 e. The number of amides is 1. The van der Waals surface area contributed by atoms with Gasteiger partial charge in [0.1, 0.15) is 18.5 Å². The molecule has 1 amide bonds. The van der Waals surface area contributed by atoms with Crippen LogP contribution < -0.4 is 15.4 Å². The number of hydrogen-bond acceptors (Lipinski definition) is 4. The molecule has 3 N–H and O–H groups in total. The molecular formula is C14H18Cl2N2O3. The number of ether oxygens (including phenoxy) is 1. The number of benzene rings is 1. The molecule has 0 saturated carbocycles. The van der Waals surface area contributed by atoms with Crippen LogP contribution in [0.5, 0.6) is 5.75 Å². The highest BCUT2D eigenvalue weighted by atomic mass is 35.5. The first kappa shape index (κ1) is 16.4. The van der Waals surface area contributed by atoms with Crippen molar-refractivity contribution in [2.75, 3.05) is 19.7 Å². The Balaban J connectivity index is 1.65. The maximum absolute atomic E-state index is 11.0. The molecule has 1 fully saturated rings. The lowest BCUT2D eigenvalue weighted by atomic mass is 10.2. The molecule has 2 unspecified atom stereocenters. The molecule has 21 heavy (non-hydrogen) atoms. The molecule has 1 aliphatic heterocycles. The highest BCUT2D eigenvalue weighted by molar-refractivity contribution is 6.35. The second-order valence-corrected chi connectivity index (χ2v) is 5.84. The van der Waals surface area contributed by atoms with E-state index in [-0.39, 0.29) is 18.6 Å². The van der Waals surface area contributed by atoms with E-state index in [4.69, 9.17) is 27.9 Å². The van der Waals surface area contributed by atoms with Gasteiger partial charge < -0.3 is 20.5 Å². The second-order valence-electron chi connectivity index (χ2n) is 5.00. The van der Waals surface area contributed by atoms with E-state index in [1.807, 2.05) is 0 Å². The van der Waals surface area contributed by atoms with E-state index < -0.39 is 6.10 Å². The molecule has 1 aliphatic rings. The number of rotatable bonds is 7. The zero-order valence-corrected chi connectivity index (χ0v) is 13.0. The van der Waals surface area contributed by atoms with E-state index in [0.717, 1.165) is 6.42 Å². The topological polar surface area (TPSA) is 70.6 Å². The molecule has 1 aromatic rings. The fraction of sp³-hybridized carbons (Fsp3) is 0.500. The molecule has 5 nitrogen and oxygen atoms in total. The number of carbonyl (C=O) groups is 1. The van der Waals surface area contributed by atoms with Crippen molar-refractivity contribution >= 4 is 29.1 Å². The average molecular weight is 333 g/mol. The summed E-state index contributed by atoms with van der Waals surface area (Å²) in [6.07, 6.45) is 0.750. The van der Waals surface area contributed by atoms with Gasteiger partial charge in [0, 0.05) is 30.6 Å². The number of halogens is 2. The van der Waals surface area contributed by atoms with Crippen molar-refractivity contribution in [3.05, 3.63) is 28.2 Å². The van der Waals surface area contributed by atoms with Gasteiger partial charge in [0.2, 0.25) is 5.91 Å². The van der Waals surface area contributed by atoms with Crippen LogP contribution in [0.1, 0.15) is 12.8 Å². The summed E-state index contributed by atoms with van der Waals surface area (Å²) in [6, 6.07) is 5.08. The van der Waals surface area contributed by atoms with Crippen LogP contribution in [0.2, 0.25) is 10.0 Å². The van der Waals surface area contributed by atoms with Crippen LogP contribution in [0.25, 0.3) is 0 Å². The molecule has 1 heterocycles. The molecule has 7 heteroatoms. The molecule has 2 rings (SSSR count). The largest absolute Gasteiger partial charge is 0.489 e. The van der Waals surface area contributed by atoms with Gasteiger partial charge in [0.05, 0.1) is 5.02 Å². The SMILES string of the molecule is O=C1CCC(CNCC(O)COc2ccc(Cl)cc2Cl)N1. The summed E-state index contributed by atoms with van der Waals surface area (Å²) in [4.78, 5) is 11.0. The van der Waals surface area contributed by atoms with Crippen molar-refractivity contribution in [3.8, 4) is 5.75 Å². The van der Waals surface area contributed by atoms with E-state index >= 15 is 0 Å². The Morgan fingerprint density at radius 1 is 1.48 bits per heavy atom. The number of hydrogen-bond donors (Lipinski definition) is 3. The monoisotopic (exact) mass is 332 g/mol. The molecule has 2 atom stereocenters. The molecule has 0 spiro atoms. The maximum atomic E-state index is 11.0. The molecule has 1 aromatic carbocycles. The Hall–Kier alpha value is -1.01. The van der Waals surface area contributed by atoms with Crippen molar-refractivity contribution < 1.29 is 14.6 Å². The average Bonchev–Trinajstić information content (AvgIpc) is 2.83. The van der Waals surface area contributed by atoms with E-state index in [0.29, 0.717) is 35.3 Å². The van der Waals surface area contributed by atoms with Gasteiger partial charge in [-0.25, -0.2) is 0 Å². The third-order valence-electron chi connectivity index (χ3n) is 3.18. The molecule has 0 bridgehead atoms. The highest BCUT2D eigenvalue weighted by Crippen LogP contribution is 2.27. The summed E-state index contributed by atoms with van der Waals surface area (Å²) < 4.78 is 5.44. The van der Waals surface area contributed by atoms with Crippen LogP contribution >= 0.6 is 23.2 Å². The Bertz CT molecular complexity index is 499. The van der Waals surface area contributed by atoms with Crippen molar-refractivity contribution in [3.63, 3.8) is 0 Å². The minimum absolute atomic E-state index is 0.0862. The highest BCUT2D eigenvalue weighted by Gasteiger charge is 2.20. The van der Waals surface area contributed by atoms with Crippen molar-refractivity contribution in [1.82, 2.24) is 10.6 Å². The summed E-state index contributed by atoms with van der Waals surface area (Å²) in [7, 11) is 0. The second kappa shape index (κ2) is 7.84. The lowest BCUT2D eigenvalue weighted by molar-refractivity contribution is -0.119. The van der Waals surface area contributed by atoms with E-state index in [1.165, 1.54) is 0 Å². The van der Waals surface area contributed by atoms with Gasteiger partial charge in [-0.05, 0) is 24.6 Å². The summed E-state index contributed by atoms with van der Waals surface area (Å²) in [5.41, 5.74) is 0. The summed E-state index contributed by atoms with van der Waals surface area (Å²) in [6.45, 7) is 1.16. The van der Waals surface area contributed by atoms with Crippen LogP contribution in [-0.4, -0.2) is 42.9 Å². The number of aliphatic hydroxyl groups is 1. The fourth-order valence-electron chi connectivity index (χ4n) is 2.09. The van der Waals surface area contributed by atoms with E-state index in [9.17, 15) is 9.90 Å². The normalized spacial score (nSPS) is 19.4. The van der Waals surface area contributed by atoms with Gasteiger partial charge in [-0.1, -0.05) is 23.2 Å². The maximum Gasteiger partial charge on any atom is 0.220 e. The summed E-state index contributed by atoms with van der Waals surface area (Å²) in [5.74, 6) is 0.575. The van der Waals surface area contributed by atoms with Crippen LogP contribution in [0.4, 0.5) is 0 Å². The predicted octanol–water partition coefficient (Wildman–Crippen LogP) is 1.60. The van der Waals surface area contributed by atoms with Crippen LogP contribution in [0.3, 0.4) is 0 Å². The van der Waals surface area contributed by atoms with E-state index in [2.05, 4.69) is 10.6 Å². The van der Waals surface area contributed by atoms with Gasteiger partial charge in [-0.3, -0.25) is 4.79 Å². The Kier molecular flexibility index (Phi) is 6.11. The number of aliphatic hydroxyl groups excluding tert-OH is 1. The van der Waals surface area contributed by atoms with Gasteiger partial charge in [0.25, 0.3) is 0 Å². The van der Waals surface area contributed by atoms with Gasteiger partial charge >= 0.3 is 0 Å². The van der Waals surface area contributed by atoms with Crippen LogP contribution in [0.15, 0.2) is 18.2 Å². The molecule has 0 aromatic heterocycles. The zero-order valence-electron chi connectivity index (χ0n) is 11.4.